The number of hydrogen-bond acceptors (Lipinski definition) is 11. The van der Waals surface area contributed by atoms with Gasteiger partial charge in [0, 0.05) is 153 Å². The van der Waals surface area contributed by atoms with Crippen LogP contribution >= 0.6 is 0 Å². The van der Waals surface area contributed by atoms with Crippen molar-refractivity contribution in [3.05, 3.63) is 510 Å². The highest BCUT2D eigenvalue weighted by molar-refractivity contribution is 6.19. The second kappa shape index (κ2) is 36.6. The molecule has 144 heavy (non-hydrogen) atoms. The molecule has 0 amide bonds. The molecule has 16 nitrogen and oxygen atoms in total. The fraction of sp³-hybridized carbons (Fsp3) is 0. The zero-order valence-electron chi connectivity index (χ0n) is 77.7. The molecule has 0 radical (unpaired) electrons. The van der Waals surface area contributed by atoms with Crippen molar-refractivity contribution < 1.29 is 0 Å². The van der Waals surface area contributed by atoms with Crippen molar-refractivity contribution in [2.24, 2.45) is 0 Å². The Morgan fingerprint density at radius 1 is 0.208 bits per heavy atom. The molecule has 1 aliphatic heterocycles. The highest BCUT2D eigenvalue weighted by Crippen LogP contribution is 2.55. The number of nitrogens with zero attached hydrogens (tertiary/aromatic N) is 16. The fourth-order valence-electron chi connectivity index (χ4n) is 20.4. The van der Waals surface area contributed by atoms with Gasteiger partial charge in [-0.05, 0) is 170 Å². The Labute approximate surface area is 828 Å². The molecule has 0 saturated heterocycles. The van der Waals surface area contributed by atoms with Crippen molar-refractivity contribution in [3.63, 3.8) is 0 Å². The molecule has 0 aliphatic carbocycles. The van der Waals surface area contributed by atoms with Crippen LogP contribution in [0.25, 0.3) is 229 Å². The summed E-state index contributed by atoms with van der Waals surface area (Å²) in [6.45, 7) is 0. The van der Waals surface area contributed by atoms with E-state index in [2.05, 4.69) is 384 Å². The van der Waals surface area contributed by atoms with Crippen LogP contribution in [0, 0.1) is 0 Å². The zero-order chi connectivity index (χ0) is 95.3. The molecule has 16 aromatic carbocycles. The van der Waals surface area contributed by atoms with E-state index in [9.17, 15) is 0 Å². The maximum absolute atomic E-state index is 5.16. The quantitative estimate of drug-likeness (QED) is 0.0962. The Kier molecular flexibility index (Phi) is 21.5. The van der Waals surface area contributed by atoms with Crippen molar-refractivity contribution in [1.82, 2.24) is 72.9 Å². The van der Waals surface area contributed by atoms with E-state index in [0.29, 0.717) is 23.2 Å². The van der Waals surface area contributed by atoms with E-state index in [1.54, 1.807) is 12.4 Å². The average Bonchev–Trinajstić information content (AvgIpc) is 1.56. The smallest absolute Gasteiger partial charge is 0.179 e. The Balaban J connectivity index is 0.000000110. The molecule has 0 saturated carbocycles. The number of fused-ring (bicyclic) bond motifs is 16. The summed E-state index contributed by atoms with van der Waals surface area (Å²) in [6, 6.07) is 164. The van der Waals surface area contributed by atoms with Crippen LogP contribution in [0.1, 0.15) is 0 Å². The number of aromatic nitrogens is 15. The molecule has 0 fully saturated rings. The number of anilines is 3. The first-order valence-corrected chi connectivity index (χ1v) is 48.1. The number of rotatable bonds is 15. The van der Waals surface area contributed by atoms with Crippen LogP contribution in [-0.4, -0.2) is 72.9 Å². The minimum atomic E-state index is 0.560. The van der Waals surface area contributed by atoms with Crippen LogP contribution in [0.4, 0.5) is 17.1 Å². The van der Waals surface area contributed by atoms with E-state index >= 15 is 0 Å². The van der Waals surface area contributed by atoms with Crippen LogP contribution in [0.15, 0.2) is 510 Å². The van der Waals surface area contributed by atoms with Gasteiger partial charge in [-0.25, -0.2) is 34.6 Å². The molecule has 676 valence electrons. The van der Waals surface area contributed by atoms with Gasteiger partial charge in [-0.2, -0.15) is 5.10 Å². The van der Waals surface area contributed by atoms with Gasteiger partial charge in [-0.1, -0.05) is 303 Å². The molecule has 0 bridgehead atoms. The van der Waals surface area contributed by atoms with E-state index in [0.717, 1.165) is 191 Å². The lowest BCUT2D eigenvalue weighted by molar-refractivity contribution is 0.911. The monoisotopic (exact) mass is 1840 g/mol. The lowest BCUT2D eigenvalue weighted by Gasteiger charge is -2.27. The number of para-hydroxylation sites is 7. The van der Waals surface area contributed by atoms with Gasteiger partial charge in [-0.3, -0.25) is 15.0 Å². The molecule has 0 spiro atoms. The SMILES string of the molecule is c1ccc(-c2cc(-c3cccc(-n4c5c(c6cnccc64)-c4ccccc4N(c4ccccc4)c4ccccc4-5)c3)nc(-c3ccccc3)n2)cc1.c1ccc(-c2cc(-c3cccc(-n4c5ccccc5c5cc6c(cnn6-c6ccccc6)cc54)c3)nc(-c3ccccc3)n2)cc1.c1ccc(-n2ccc3c2ccc2c4ccccc4n(-c4cccc(-c5cc(-c6ccccn6)nc(-c6ccccn6)n5)c4)c23)cc1. The van der Waals surface area contributed by atoms with Gasteiger partial charge in [0.25, 0.3) is 0 Å². The first-order valence-electron chi connectivity index (χ1n) is 48.1. The van der Waals surface area contributed by atoms with Crippen LogP contribution in [0.3, 0.4) is 0 Å². The Bertz CT molecular complexity index is 9330. The minimum Gasteiger partial charge on any atom is -0.316 e. The number of benzene rings is 16. The molecule has 27 aromatic rings. The van der Waals surface area contributed by atoms with Crippen LogP contribution in [0.5, 0.6) is 0 Å². The summed E-state index contributed by atoms with van der Waals surface area (Å²) in [5.41, 5.74) is 34.9. The first-order chi connectivity index (χ1) is 71.4. The van der Waals surface area contributed by atoms with E-state index < -0.39 is 0 Å². The largest absolute Gasteiger partial charge is 0.316 e. The average molecular weight is 1850 g/mol. The Hall–Kier alpha value is -19.8. The highest BCUT2D eigenvalue weighted by atomic mass is 15.3. The molecule has 11 aromatic heterocycles. The van der Waals surface area contributed by atoms with Gasteiger partial charge in [-0.15, -0.1) is 0 Å². The lowest BCUT2D eigenvalue weighted by Crippen LogP contribution is -2.11. The molecular weight excluding hydrogens is 1760 g/mol. The minimum absolute atomic E-state index is 0.560. The predicted octanol–water partition coefficient (Wildman–Crippen LogP) is 31.2. The van der Waals surface area contributed by atoms with Crippen molar-refractivity contribution in [3.8, 4) is 153 Å². The van der Waals surface area contributed by atoms with Crippen molar-refractivity contribution >= 4 is 93.4 Å². The van der Waals surface area contributed by atoms with E-state index in [4.69, 9.17) is 35.0 Å². The molecule has 0 unspecified atom stereocenters. The third kappa shape index (κ3) is 15.5. The molecule has 0 atom stereocenters. The van der Waals surface area contributed by atoms with Crippen molar-refractivity contribution in [2.75, 3.05) is 4.90 Å². The number of pyridine rings is 3. The molecule has 0 N–H and O–H groups in total. The normalized spacial score (nSPS) is 11.6. The lowest BCUT2D eigenvalue weighted by atomic mass is 9.99. The van der Waals surface area contributed by atoms with Gasteiger partial charge in [0.15, 0.2) is 17.5 Å². The standard InChI is InChI=1S/C47H31N5.C41H27N5.C40H26N6/c1-4-15-32(16-5-1)40-30-41(50-47(49-40)33-17-6-2-7-18-33)34-19-14-22-36(29-34)52-44-27-28-48-31-39(44)45-37-23-10-12-25-42(37)51(35-20-8-3-9-21-35)43-26-13-11-24-38(43)46(45)52;1-4-13-28(14-5-1)36-26-37(44-41(43-36)29-15-6-2-7-16-29)30-17-12-20-33(23-30)45-38-22-11-10-21-34(38)35-25-39-31(24-40(35)45)27-42-46(39)32-18-8-3-9-19-32;1-2-12-28(13-3-1)45-24-21-32-37(45)20-19-31-30-15-4-5-18-38(30)46(39(31)32)29-14-10-11-27(25-29)35-26-36(33-16-6-8-22-41-33)44-40(43-35)34-17-7-9-23-42-34/h1-31H;1-27H;1-26H. The summed E-state index contributed by atoms with van der Waals surface area (Å²) < 4.78 is 11.4. The number of hydrogen-bond donors (Lipinski definition) is 0. The maximum Gasteiger partial charge on any atom is 0.179 e. The van der Waals surface area contributed by atoms with E-state index in [1.165, 1.54) is 32.4 Å². The van der Waals surface area contributed by atoms with E-state index in [1.807, 2.05) is 157 Å². The first kappa shape index (κ1) is 84.6. The second-order valence-corrected chi connectivity index (χ2v) is 35.5. The van der Waals surface area contributed by atoms with Crippen LogP contribution in [0.2, 0.25) is 0 Å². The maximum atomic E-state index is 5.16. The summed E-state index contributed by atoms with van der Waals surface area (Å²) in [6.07, 6.45) is 11.6. The molecule has 28 rings (SSSR count). The Morgan fingerprint density at radius 3 is 1.23 bits per heavy atom. The van der Waals surface area contributed by atoms with Crippen molar-refractivity contribution in [2.45, 2.75) is 0 Å². The van der Waals surface area contributed by atoms with Crippen LogP contribution < -0.4 is 4.90 Å². The predicted molar refractivity (Wildman–Crippen MR) is 584 cm³/mol. The van der Waals surface area contributed by atoms with Gasteiger partial charge in [0.05, 0.1) is 107 Å². The second-order valence-electron chi connectivity index (χ2n) is 35.5. The Morgan fingerprint density at radius 2 is 0.646 bits per heavy atom. The molecular formula is C128H84N16. The van der Waals surface area contributed by atoms with Crippen molar-refractivity contribution in [1.29, 1.82) is 0 Å². The van der Waals surface area contributed by atoms with E-state index in [-0.39, 0.29) is 0 Å². The molecule has 12 heterocycles. The van der Waals surface area contributed by atoms with Gasteiger partial charge >= 0.3 is 0 Å². The highest BCUT2D eigenvalue weighted by Gasteiger charge is 2.33. The zero-order valence-corrected chi connectivity index (χ0v) is 77.7. The topological polar surface area (TPSA) is 157 Å². The van der Waals surface area contributed by atoms with Gasteiger partial charge < -0.3 is 23.2 Å². The molecule has 1 aliphatic rings. The van der Waals surface area contributed by atoms with Gasteiger partial charge in [0.1, 0.15) is 5.69 Å². The fourth-order valence-corrected chi connectivity index (χ4v) is 20.4. The summed E-state index contributed by atoms with van der Waals surface area (Å²) in [7, 11) is 0. The third-order valence-corrected chi connectivity index (χ3v) is 26.9. The summed E-state index contributed by atoms with van der Waals surface area (Å²) in [5.74, 6) is 1.96. The molecule has 16 heteroatoms. The van der Waals surface area contributed by atoms with Gasteiger partial charge in [0.2, 0.25) is 0 Å². The summed E-state index contributed by atoms with van der Waals surface area (Å²) in [5, 5.41) is 13.0. The third-order valence-electron chi connectivity index (χ3n) is 26.9. The van der Waals surface area contributed by atoms with Crippen LogP contribution in [-0.2, 0) is 0 Å². The summed E-state index contributed by atoms with van der Waals surface area (Å²) >= 11 is 0. The summed E-state index contributed by atoms with van der Waals surface area (Å²) in [4.78, 5) is 46.3.